The standard InChI is InChI=1S/C23H25FN4O2S/c1-3-23(29)28(2)21-10-7-18(14-20(21)24)17-5-8-19(9-6-17)31(26,30)13-12-16-4-11-22(25)27-15-16/h4-11,14-15,26H,3,12-13H2,1-2H3,(H2,25,27). The molecule has 3 aromatic rings. The molecule has 0 aliphatic rings. The number of nitrogens with one attached hydrogen (secondary N) is 1. The number of nitrogens with two attached hydrogens (primary N) is 1. The fraction of sp³-hybridized carbons (Fsp3) is 0.217. The molecule has 1 amide bonds. The molecule has 0 aliphatic heterocycles. The third kappa shape index (κ3) is 5.27. The predicted octanol–water partition coefficient (Wildman–Crippen LogP) is 4.49. The van der Waals surface area contributed by atoms with E-state index >= 15 is 0 Å². The lowest BCUT2D eigenvalue weighted by molar-refractivity contribution is -0.118. The van der Waals surface area contributed by atoms with Gasteiger partial charge in [0.2, 0.25) is 5.91 Å². The van der Waals surface area contributed by atoms with Crippen LogP contribution in [0.15, 0.2) is 65.7 Å². The van der Waals surface area contributed by atoms with Gasteiger partial charge in [0, 0.05) is 30.3 Å². The maximum atomic E-state index is 14.6. The van der Waals surface area contributed by atoms with E-state index < -0.39 is 15.5 Å². The molecule has 1 aromatic heterocycles. The Kier molecular flexibility index (Phi) is 6.70. The number of hydrogen-bond acceptors (Lipinski definition) is 5. The highest BCUT2D eigenvalue weighted by atomic mass is 32.2. The molecule has 0 spiro atoms. The Labute approximate surface area is 181 Å². The van der Waals surface area contributed by atoms with Crippen LogP contribution in [0.2, 0.25) is 0 Å². The summed E-state index contributed by atoms with van der Waals surface area (Å²) >= 11 is 0. The van der Waals surface area contributed by atoms with Crippen molar-refractivity contribution in [1.29, 1.82) is 4.78 Å². The first-order chi connectivity index (χ1) is 14.7. The zero-order valence-electron chi connectivity index (χ0n) is 17.5. The number of amides is 1. The SMILES string of the molecule is CCC(=O)N(C)c1ccc(-c2ccc(S(=N)(=O)CCc3ccc(N)nc3)cc2)cc1F. The van der Waals surface area contributed by atoms with Crippen LogP contribution < -0.4 is 10.6 Å². The smallest absolute Gasteiger partial charge is 0.226 e. The number of aromatic nitrogens is 1. The summed E-state index contributed by atoms with van der Waals surface area (Å²) in [6, 6.07) is 14.9. The Morgan fingerprint density at radius 1 is 1.13 bits per heavy atom. The Hall–Kier alpha value is -3.26. The summed E-state index contributed by atoms with van der Waals surface area (Å²) in [6.45, 7) is 1.73. The van der Waals surface area contributed by atoms with E-state index in [0.717, 1.165) is 11.1 Å². The molecule has 6 nitrogen and oxygen atoms in total. The van der Waals surface area contributed by atoms with Crippen molar-refractivity contribution >= 4 is 27.1 Å². The number of pyridine rings is 1. The van der Waals surface area contributed by atoms with Crippen LogP contribution >= 0.6 is 0 Å². The molecule has 0 saturated carbocycles. The maximum absolute atomic E-state index is 14.6. The zero-order valence-corrected chi connectivity index (χ0v) is 18.3. The van der Waals surface area contributed by atoms with E-state index in [9.17, 15) is 13.4 Å². The van der Waals surface area contributed by atoms with Crippen molar-refractivity contribution in [2.45, 2.75) is 24.7 Å². The minimum Gasteiger partial charge on any atom is -0.384 e. The highest BCUT2D eigenvalue weighted by molar-refractivity contribution is 7.92. The Bertz CT molecular complexity index is 1180. The number of hydrogen-bond donors (Lipinski definition) is 2. The van der Waals surface area contributed by atoms with Gasteiger partial charge in [-0.05, 0) is 53.4 Å². The quantitative estimate of drug-likeness (QED) is 0.565. The number of benzene rings is 2. The minimum absolute atomic E-state index is 0.166. The second-order valence-electron chi connectivity index (χ2n) is 7.22. The number of carbonyl (C=O) groups is 1. The fourth-order valence-corrected chi connectivity index (χ4v) is 4.50. The highest BCUT2D eigenvalue weighted by Gasteiger charge is 2.15. The van der Waals surface area contributed by atoms with E-state index in [-0.39, 0.29) is 17.3 Å². The molecule has 1 unspecified atom stereocenters. The van der Waals surface area contributed by atoms with Gasteiger partial charge in [0.15, 0.2) is 0 Å². The number of aryl methyl sites for hydroxylation is 1. The molecule has 3 N–H and O–H groups in total. The van der Waals surface area contributed by atoms with Crippen molar-refractivity contribution in [3.05, 3.63) is 72.2 Å². The van der Waals surface area contributed by atoms with Crippen LogP contribution in [0.1, 0.15) is 18.9 Å². The molecule has 1 atom stereocenters. The molecule has 8 heteroatoms. The summed E-state index contributed by atoms with van der Waals surface area (Å²) in [6.07, 6.45) is 2.37. The van der Waals surface area contributed by atoms with Crippen LogP contribution in [-0.4, -0.2) is 27.9 Å². The summed E-state index contributed by atoms with van der Waals surface area (Å²) in [5.41, 5.74) is 8.02. The van der Waals surface area contributed by atoms with Crippen LogP contribution in [0.5, 0.6) is 0 Å². The van der Waals surface area contributed by atoms with Crippen molar-refractivity contribution in [3.8, 4) is 11.1 Å². The molecular weight excluding hydrogens is 415 g/mol. The molecule has 2 aromatic carbocycles. The Morgan fingerprint density at radius 3 is 2.39 bits per heavy atom. The molecule has 0 radical (unpaired) electrons. The van der Waals surface area contributed by atoms with Gasteiger partial charge in [-0.25, -0.2) is 18.4 Å². The first kappa shape index (κ1) is 22.4. The molecular formula is C23H25FN4O2S. The highest BCUT2D eigenvalue weighted by Crippen LogP contribution is 2.27. The third-order valence-electron chi connectivity index (χ3n) is 5.08. The lowest BCUT2D eigenvalue weighted by Crippen LogP contribution is -2.25. The van der Waals surface area contributed by atoms with Gasteiger partial charge in [0.25, 0.3) is 0 Å². The van der Waals surface area contributed by atoms with Gasteiger partial charge in [0.1, 0.15) is 11.6 Å². The summed E-state index contributed by atoms with van der Waals surface area (Å²) < 4.78 is 35.7. The minimum atomic E-state index is -2.98. The average Bonchev–Trinajstić information content (AvgIpc) is 2.77. The lowest BCUT2D eigenvalue weighted by atomic mass is 10.0. The van der Waals surface area contributed by atoms with Crippen molar-refractivity contribution in [2.24, 2.45) is 0 Å². The second-order valence-corrected chi connectivity index (χ2v) is 9.45. The molecule has 1 heterocycles. The summed E-state index contributed by atoms with van der Waals surface area (Å²) in [7, 11) is -1.44. The molecule has 0 bridgehead atoms. The van der Waals surface area contributed by atoms with Gasteiger partial charge < -0.3 is 10.6 Å². The first-order valence-electron chi connectivity index (χ1n) is 9.84. The summed E-state index contributed by atoms with van der Waals surface area (Å²) in [5.74, 6) is -0.0822. The molecule has 0 fully saturated rings. The van der Waals surface area contributed by atoms with E-state index in [1.807, 2.05) is 6.07 Å². The van der Waals surface area contributed by atoms with E-state index in [1.54, 1.807) is 62.6 Å². The maximum Gasteiger partial charge on any atom is 0.226 e. The Morgan fingerprint density at radius 2 is 1.81 bits per heavy atom. The third-order valence-corrected chi connectivity index (χ3v) is 6.89. The molecule has 162 valence electrons. The summed E-state index contributed by atoms with van der Waals surface area (Å²) in [5, 5.41) is 0. The van der Waals surface area contributed by atoms with Crippen molar-refractivity contribution < 1.29 is 13.4 Å². The van der Waals surface area contributed by atoms with Crippen LogP contribution in [0, 0.1) is 10.6 Å². The van der Waals surface area contributed by atoms with Gasteiger partial charge in [0.05, 0.1) is 15.4 Å². The van der Waals surface area contributed by atoms with Gasteiger partial charge in [-0.2, -0.15) is 0 Å². The van der Waals surface area contributed by atoms with E-state index in [4.69, 9.17) is 10.5 Å². The van der Waals surface area contributed by atoms with Gasteiger partial charge in [-0.15, -0.1) is 0 Å². The van der Waals surface area contributed by atoms with Crippen LogP contribution in [0.4, 0.5) is 15.9 Å². The fourth-order valence-electron chi connectivity index (χ4n) is 3.16. The first-order valence-corrected chi connectivity index (χ1v) is 11.6. The van der Waals surface area contributed by atoms with Crippen molar-refractivity contribution in [3.63, 3.8) is 0 Å². The van der Waals surface area contributed by atoms with E-state index in [1.165, 1.54) is 11.0 Å². The monoisotopic (exact) mass is 440 g/mol. The molecule has 0 saturated heterocycles. The predicted molar refractivity (Wildman–Crippen MR) is 122 cm³/mol. The number of nitrogens with zero attached hydrogens (tertiary/aromatic N) is 2. The van der Waals surface area contributed by atoms with E-state index in [0.29, 0.717) is 29.1 Å². The van der Waals surface area contributed by atoms with Gasteiger partial charge in [-0.1, -0.05) is 31.2 Å². The molecule has 3 rings (SSSR count). The summed E-state index contributed by atoms with van der Waals surface area (Å²) in [4.78, 5) is 17.5. The number of carbonyl (C=O) groups excluding carboxylic acids is 1. The number of rotatable bonds is 7. The van der Waals surface area contributed by atoms with Crippen LogP contribution in [0.25, 0.3) is 11.1 Å². The van der Waals surface area contributed by atoms with E-state index in [2.05, 4.69) is 4.98 Å². The zero-order chi connectivity index (χ0) is 22.6. The largest absolute Gasteiger partial charge is 0.384 e. The molecule has 0 aliphatic carbocycles. The van der Waals surface area contributed by atoms with Gasteiger partial charge in [-0.3, -0.25) is 4.79 Å². The number of nitrogen functional groups attached to an aromatic ring is 1. The van der Waals surface area contributed by atoms with Crippen LogP contribution in [0.3, 0.4) is 0 Å². The number of halogens is 1. The lowest BCUT2D eigenvalue weighted by Gasteiger charge is -2.18. The van der Waals surface area contributed by atoms with Gasteiger partial charge >= 0.3 is 0 Å². The number of anilines is 2. The van der Waals surface area contributed by atoms with Crippen LogP contribution in [-0.2, 0) is 20.9 Å². The van der Waals surface area contributed by atoms with Crippen molar-refractivity contribution in [1.82, 2.24) is 4.98 Å². The average molecular weight is 441 g/mol. The Balaban J connectivity index is 1.75. The second kappa shape index (κ2) is 9.26. The topological polar surface area (TPSA) is 100 Å². The normalized spacial score (nSPS) is 12.9. The van der Waals surface area contributed by atoms with Crippen molar-refractivity contribution in [2.75, 3.05) is 23.4 Å². The molecule has 31 heavy (non-hydrogen) atoms.